The van der Waals surface area contributed by atoms with Crippen LogP contribution in [0.2, 0.25) is 5.02 Å². The second kappa shape index (κ2) is 7.97. The summed E-state index contributed by atoms with van der Waals surface area (Å²) >= 11 is 6.15. The van der Waals surface area contributed by atoms with Gasteiger partial charge in [-0.15, -0.1) is 0 Å². The number of hydrogen-bond acceptors (Lipinski definition) is 2. The molecule has 2 rings (SSSR count). The molecule has 0 aliphatic heterocycles. The Labute approximate surface area is 136 Å². The van der Waals surface area contributed by atoms with Crippen molar-refractivity contribution < 1.29 is 4.79 Å². The van der Waals surface area contributed by atoms with Gasteiger partial charge in [-0.2, -0.15) is 0 Å². The van der Waals surface area contributed by atoms with Gasteiger partial charge in [0.15, 0.2) is 0 Å². The second-order valence-corrected chi connectivity index (χ2v) is 5.73. The molecule has 3 nitrogen and oxygen atoms in total. The maximum atomic E-state index is 11.9. The van der Waals surface area contributed by atoms with Crippen LogP contribution in [0.3, 0.4) is 0 Å². The largest absolute Gasteiger partial charge is 0.351 e. The van der Waals surface area contributed by atoms with Crippen molar-refractivity contribution in [2.24, 2.45) is 0 Å². The smallest absolute Gasteiger partial charge is 0.234 e. The van der Waals surface area contributed by atoms with Gasteiger partial charge in [-0.3, -0.25) is 4.79 Å². The zero-order chi connectivity index (χ0) is 15.9. The van der Waals surface area contributed by atoms with Gasteiger partial charge in [0.05, 0.1) is 6.54 Å². The van der Waals surface area contributed by atoms with Crippen LogP contribution in [0.4, 0.5) is 0 Å². The van der Waals surface area contributed by atoms with Crippen molar-refractivity contribution in [3.05, 3.63) is 70.2 Å². The lowest BCUT2D eigenvalue weighted by Crippen LogP contribution is -2.34. The first-order valence-electron chi connectivity index (χ1n) is 7.37. The minimum Gasteiger partial charge on any atom is -0.351 e. The molecule has 116 valence electrons. The number of carbonyl (C=O) groups excluding carboxylic acids is 1. The molecule has 1 amide bonds. The van der Waals surface area contributed by atoms with Crippen LogP contribution >= 0.6 is 11.6 Å². The third-order valence-corrected chi connectivity index (χ3v) is 4.02. The highest BCUT2D eigenvalue weighted by Crippen LogP contribution is 2.21. The van der Waals surface area contributed by atoms with Crippen molar-refractivity contribution in [3.8, 4) is 0 Å². The quantitative estimate of drug-likeness (QED) is 0.854. The number of rotatable bonds is 6. The number of amides is 1. The van der Waals surface area contributed by atoms with Crippen LogP contribution in [0.5, 0.6) is 0 Å². The number of hydrogen-bond donors (Lipinski definition) is 2. The SMILES string of the molecule is Cc1ccccc1CNC(=O)CN[C@@H](C)c1ccccc1Cl. The fourth-order valence-electron chi connectivity index (χ4n) is 2.25. The normalized spacial score (nSPS) is 12.0. The minimum absolute atomic E-state index is 0.0258. The molecule has 0 fully saturated rings. The topological polar surface area (TPSA) is 41.1 Å². The summed E-state index contributed by atoms with van der Waals surface area (Å²) in [6, 6.07) is 15.7. The van der Waals surface area contributed by atoms with Gasteiger partial charge in [-0.05, 0) is 36.6 Å². The van der Waals surface area contributed by atoms with E-state index in [0.29, 0.717) is 11.6 Å². The Morgan fingerprint density at radius 2 is 1.82 bits per heavy atom. The molecule has 0 radical (unpaired) electrons. The molecule has 0 aromatic heterocycles. The minimum atomic E-state index is -0.0258. The average molecular weight is 317 g/mol. The monoisotopic (exact) mass is 316 g/mol. The van der Waals surface area contributed by atoms with Crippen molar-refractivity contribution >= 4 is 17.5 Å². The Morgan fingerprint density at radius 1 is 1.14 bits per heavy atom. The van der Waals surface area contributed by atoms with Crippen molar-refractivity contribution in [1.29, 1.82) is 0 Å². The van der Waals surface area contributed by atoms with E-state index in [9.17, 15) is 4.79 Å². The van der Waals surface area contributed by atoms with Crippen molar-refractivity contribution in [2.45, 2.75) is 26.4 Å². The first kappa shape index (κ1) is 16.5. The third-order valence-electron chi connectivity index (χ3n) is 3.68. The van der Waals surface area contributed by atoms with E-state index in [0.717, 1.165) is 11.1 Å². The zero-order valence-electron chi connectivity index (χ0n) is 12.9. The Bertz CT molecular complexity index is 642. The number of nitrogens with one attached hydrogen (secondary N) is 2. The van der Waals surface area contributed by atoms with E-state index in [4.69, 9.17) is 11.6 Å². The molecule has 22 heavy (non-hydrogen) atoms. The van der Waals surface area contributed by atoms with Gasteiger partial charge in [-0.25, -0.2) is 0 Å². The van der Waals surface area contributed by atoms with E-state index >= 15 is 0 Å². The summed E-state index contributed by atoms with van der Waals surface area (Å²) in [5, 5.41) is 6.83. The van der Waals surface area contributed by atoms with Crippen LogP contribution in [0.25, 0.3) is 0 Å². The fraction of sp³-hybridized carbons (Fsp3) is 0.278. The molecule has 0 spiro atoms. The van der Waals surface area contributed by atoms with E-state index < -0.39 is 0 Å². The highest BCUT2D eigenvalue weighted by molar-refractivity contribution is 6.31. The van der Waals surface area contributed by atoms with Crippen LogP contribution in [0, 0.1) is 6.92 Å². The van der Waals surface area contributed by atoms with Gasteiger partial charge >= 0.3 is 0 Å². The molecule has 2 aromatic rings. The first-order valence-corrected chi connectivity index (χ1v) is 7.74. The molecular formula is C18H21ClN2O. The maximum Gasteiger partial charge on any atom is 0.234 e. The molecule has 0 heterocycles. The van der Waals surface area contributed by atoms with E-state index in [-0.39, 0.29) is 18.5 Å². The van der Waals surface area contributed by atoms with Crippen molar-refractivity contribution in [3.63, 3.8) is 0 Å². The Kier molecular flexibility index (Phi) is 5.99. The lowest BCUT2D eigenvalue weighted by molar-refractivity contribution is -0.120. The first-order chi connectivity index (χ1) is 10.6. The maximum absolute atomic E-state index is 11.9. The standard InChI is InChI=1S/C18H21ClN2O/c1-13-7-3-4-8-15(13)11-21-18(22)12-20-14(2)16-9-5-6-10-17(16)19/h3-10,14,20H,11-12H2,1-2H3,(H,21,22)/t14-/m0/s1. The highest BCUT2D eigenvalue weighted by atomic mass is 35.5. The molecular weight excluding hydrogens is 296 g/mol. The molecule has 0 unspecified atom stereocenters. The lowest BCUT2D eigenvalue weighted by Gasteiger charge is -2.15. The molecule has 0 saturated carbocycles. The van der Waals surface area contributed by atoms with Crippen molar-refractivity contribution in [2.75, 3.05) is 6.54 Å². The van der Waals surface area contributed by atoms with Gasteiger partial charge in [0.2, 0.25) is 5.91 Å². The average Bonchev–Trinajstić information content (AvgIpc) is 2.52. The van der Waals surface area contributed by atoms with Gasteiger partial charge < -0.3 is 10.6 Å². The predicted molar refractivity (Wildman–Crippen MR) is 90.9 cm³/mol. The van der Waals surface area contributed by atoms with E-state index in [1.807, 2.05) is 62.4 Å². The summed E-state index contributed by atoms with van der Waals surface area (Å²) in [7, 11) is 0. The van der Waals surface area contributed by atoms with Crippen LogP contribution in [0.15, 0.2) is 48.5 Å². The Hall–Kier alpha value is -1.84. The zero-order valence-corrected chi connectivity index (χ0v) is 13.7. The molecule has 2 aromatic carbocycles. The summed E-state index contributed by atoms with van der Waals surface area (Å²) in [6.07, 6.45) is 0. The summed E-state index contributed by atoms with van der Waals surface area (Å²) in [6.45, 7) is 4.85. The van der Waals surface area contributed by atoms with Crippen molar-refractivity contribution in [1.82, 2.24) is 10.6 Å². The number of benzene rings is 2. The summed E-state index contributed by atoms with van der Waals surface area (Å²) < 4.78 is 0. The highest BCUT2D eigenvalue weighted by Gasteiger charge is 2.10. The van der Waals surface area contributed by atoms with Gasteiger partial charge in [0.25, 0.3) is 0 Å². The molecule has 0 aliphatic rings. The van der Waals surface area contributed by atoms with Crippen LogP contribution in [0.1, 0.15) is 29.7 Å². The summed E-state index contributed by atoms with van der Waals surface area (Å²) in [5.41, 5.74) is 3.31. The van der Waals surface area contributed by atoms with Gasteiger partial charge in [-0.1, -0.05) is 54.1 Å². The molecule has 1 atom stereocenters. The lowest BCUT2D eigenvalue weighted by atomic mass is 10.1. The molecule has 4 heteroatoms. The molecule has 0 saturated heterocycles. The predicted octanol–water partition coefficient (Wildman–Crippen LogP) is 3.62. The van der Waals surface area contributed by atoms with Gasteiger partial charge in [0.1, 0.15) is 0 Å². The van der Waals surface area contributed by atoms with Crippen LogP contribution < -0.4 is 10.6 Å². The molecule has 0 aliphatic carbocycles. The third kappa shape index (κ3) is 4.58. The van der Waals surface area contributed by atoms with E-state index in [1.54, 1.807) is 0 Å². The van der Waals surface area contributed by atoms with Crippen LogP contribution in [-0.2, 0) is 11.3 Å². The number of halogens is 1. The van der Waals surface area contributed by atoms with Gasteiger partial charge in [0, 0.05) is 17.6 Å². The fourth-order valence-corrected chi connectivity index (χ4v) is 2.55. The molecule has 0 bridgehead atoms. The number of aryl methyl sites for hydroxylation is 1. The Balaban J connectivity index is 1.81. The summed E-state index contributed by atoms with van der Waals surface area (Å²) in [4.78, 5) is 11.9. The number of carbonyl (C=O) groups is 1. The van der Waals surface area contributed by atoms with E-state index in [1.165, 1.54) is 5.56 Å². The van der Waals surface area contributed by atoms with E-state index in [2.05, 4.69) is 10.6 Å². The molecule has 2 N–H and O–H groups in total. The Morgan fingerprint density at radius 3 is 2.55 bits per heavy atom. The summed E-state index contributed by atoms with van der Waals surface area (Å²) in [5.74, 6) is -0.0258. The van der Waals surface area contributed by atoms with Crippen LogP contribution in [-0.4, -0.2) is 12.5 Å². The second-order valence-electron chi connectivity index (χ2n) is 5.33.